The van der Waals surface area contributed by atoms with Gasteiger partial charge in [0.25, 0.3) is 5.91 Å². The zero-order valence-corrected chi connectivity index (χ0v) is 16.0. The zero-order chi connectivity index (χ0) is 19.8. The fourth-order valence-corrected chi connectivity index (χ4v) is 3.97. The number of fused-ring (bicyclic) bond motifs is 1. The average molecular weight is 383 g/mol. The molecule has 1 saturated carbocycles. The third-order valence-electron chi connectivity index (χ3n) is 5.63. The van der Waals surface area contributed by atoms with Gasteiger partial charge in [0.05, 0.1) is 16.8 Å². The van der Waals surface area contributed by atoms with Crippen LogP contribution in [-0.2, 0) is 11.8 Å². The predicted octanol–water partition coefficient (Wildman–Crippen LogP) is 3.63. The number of aromatic nitrogens is 4. The lowest BCUT2D eigenvalue weighted by Gasteiger charge is -2.33. The number of nitrogens with zero attached hydrogens (tertiary/aromatic N) is 4. The molecule has 1 N–H and O–H groups in total. The molecule has 1 unspecified atom stereocenters. The normalized spacial score (nSPS) is 20.1. The van der Waals surface area contributed by atoms with Crippen LogP contribution in [0.4, 0.5) is 5.82 Å². The number of allylic oxidation sites excluding steroid dienone is 2. The van der Waals surface area contributed by atoms with Gasteiger partial charge in [0.1, 0.15) is 6.33 Å². The first kappa shape index (κ1) is 17.6. The second kappa shape index (κ2) is 6.81. The third-order valence-corrected chi connectivity index (χ3v) is 5.63. The molecular formula is C23H21N5O. The maximum Gasteiger partial charge on any atom is 0.270 e. The Morgan fingerprint density at radius 1 is 1.24 bits per heavy atom. The molecule has 0 radical (unpaired) electrons. The smallest absolute Gasteiger partial charge is 0.270 e. The second-order valence-electron chi connectivity index (χ2n) is 7.52. The van der Waals surface area contributed by atoms with Crippen LogP contribution in [-0.4, -0.2) is 31.7 Å². The molecule has 2 aliphatic carbocycles. The second-order valence-corrected chi connectivity index (χ2v) is 7.52. The summed E-state index contributed by atoms with van der Waals surface area (Å²) in [7, 11) is 0. The Balaban J connectivity index is 1.69. The Morgan fingerprint density at radius 2 is 2.07 bits per heavy atom. The monoisotopic (exact) mass is 383 g/mol. The average Bonchev–Trinajstić information content (AvgIpc) is 3.54. The van der Waals surface area contributed by atoms with E-state index in [0.717, 1.165) is 41.2 Å². The molecule has 2 aromatic heterocycles. The van der Waals surface area contributed by atoms with Gasteiger partial charge >= 0.3 is 0 Å². The summed E-state index contributed by atoms with van der Waals surface area (Å²) in [5.41, 5.74) is 3.32. The van der Waals surface area contributed by atoms with E-state index >= 15 is 0 Å². The topological polar surface area (TPSA) is 72.7 Å². The fourth-order valence-electron chi connectivity index (χ4n) is 3.97. The van der Waals surface area contributed by atoms with E-state index in [0.29, 0.717) is 12.5 Å². The molecule has 0 spiro atoms. The van der Waals surface area contributed by atoms with Gasteiger partial charge < -0.3 is 5.32 Å². The minimum atomic E-state index is -0.507. The van der Waals surface area contributed by atoms with E-state index in [4.69, 9.17) is 0 Å². The number of carbonyl (C=O) groups is 1. The molecular weight excluding hydrogens is 362 g/mol. The highest BCUT2D eigenvalue weighted by Crippen LogP contribution is 2.42. The largest absolute Gasteiger partial charge is 0.365 e. The molecule has 144 valence electrons. The van der Waals surface area contributed by atoms with E-state index in [2.05, 4.69) is 51.2 Å². The van der Waals surface area contributed by atoms with E-state index in [1.54, 1.807) is 12.5 Å². The van der Waals surface area contributed by atoms with Crippen LogP contribution in [0.3, 0.4) is 0 Å². The first-order valence-corrected chi connectivity index (χ1v) is 9.78. The number of hydrogen-bond donors (Lipinski definition) is 1. The lowest BCUT2D eigenvalue weighted by atomic mass is 9.70. The Kier molecular flexibility index (Phi) is 4.12. The molecule has 29 heavy (non-hydrogen) atoms. The van der Waals surface area contributed by atoms with Gasteiger partial charge in [-0.15, -0.1) is 5.10 Å². The van der Waals surface area contributed by atoms with Crippen LogP contribution in [0.1, 0.15) is 40.2 Å². The number of rotatable bonds is 5. The third kappa shape index (κ3) is 2.97. The Hall–Kier alpha value is -3.54. The molecule has 5 rings (SSSR count). The van der Waals surface area contributed by atoms with Crippen molar-refractivity contribution in [3.05, 3.63) is 90.2 Å². The van der Waals surface area contributed by atoms with Gasteiger partial charge in [-0.05, 0) is 30.5 Å². The summed E-state index contributed by atoms with van der Waals surface area (Å²) in [5, 5.41) is 8.05. The lowest BCUT2D eigenvalue weighted by molar-refractivity contribution is 0.0950. The van der Waals surface area contributed by atoms with Crippen LogP contribution in [0.15, 0.2) is 67.7 Å². The van der Waals surface area contributed by atoms with Crippen LogP contribution in [0, 0.1) is 0 Å². The van der Waals surface area contributed by atoms with Crippen molar-refractivity contribution in [2.45, 2.75) is 30.7 Å². The number of carbonyl (C=O) groups excluding carboxylic acids is 1. The molecule has 1 atom stereocenters. The van der Waals surface area contributed by atoms with E-state index in [1.165, 1.54) is 10.8 Å². The van der Waals surface area contributed by atoms with Crippen LogP contribution in [0.25, 0.3) is 6.08 Å². The van der Waals surface area contributed by atoms with Gasteiger partial charge in [0.15, 0.2) is 5.82 Å². The summed E-state index contributed by atoms with van der Waals surface area (Å²) in [6, 6.07) is 12.6. The van der Waals surface area contributed by atoms with Crippen molar-refractivity contribution in [2.24, 2.45) is 0 Å². The first-order valence-electron chi connectivity index (χ1n) is 9.78. The number of anilines is 1. The summed E-state index contributed by atoms with van der Waals surface area (Å²) in [4.78, 5) is 21.2. The number of hydrogen-bond acceptors (Lipinski definition) is 5. The molecule has 1 aromatic carbocycles. The van der Waals surface area contributed by atoms with Gasteiger partial charge in [-0.2, -0.15) is 4.68 Å². The Morgan fingerprint density at radius 3 is 2.76 bits per heavy atom. The summed E-state index contributed by atoms with van der Waals surface area (Å²) >= 11 is 0. The molecule has 6 nitrogen and oxygen atoms in total. The van der Waals surface area contributed by atoms with Gasteiger partial charge in [-0.1, -0.05) is 49.1 Å². The van der Waals surface area contributed by atoms with E-state index in [1.807, 2.05) is 24.3 Å². The maximum absolute atomic E-state index is 12.6. The van der Waals surface area contributed by atoms with Crippen molar-refractivity contribution in [3.8, 4) is 0 Å². The molecule has 3 aromatic rings. The van der Waals surface area contributed by atoms with Gasteiger partial charge in [-0.3, -0.25) is 4.79 Å². The van der Waals surface area contributed by atoms with Crippen molar-refractivity contribution in [1.82, 2.24) is 19.7 Å². The van der Waals surface area contributed by atoms with Crippen LogP contribution in [0.2, 0.25) is 0 Å². The van der Waals surface area contributed by atoms with Crippen LogP contribution < -0.4 is 5.32 Å². The zero-order valence-electron chi connectivity index (χ0n) is 16.0. The maximum atomic E-state index is 12.6. The molecule has 1 fully saturated rings. The van der Waals surface area contributed by atoms with Gasteiger partial charge in [-0.25, -0.2) is 9.97 Å². The van der Waals surface area contributed by atoms with Crippen molar-refractivity contribution in [1.29, 1.82) is 0 Å². The summed E-state index contributed by atoms with van der Waals surface area (Å²) < 4.78 is 1.48. The van der Waals surface area contributed by atoms with Crippen molar-refractivity contribution < 1.29 is 4.79 Å². The summed E-state index contributed by atoms with van der Waals surface area (Å²) in [6.45, 7) is 3.65. The SMILES string of the molecule is C=CC(=O)n1nc(NC2CC2)c2c1CC(c1ccccc1)(c1ccncn1)C=C2. The van der Waals surface area contributed by atoms with Crippen LogP contribution in [0.5, 0.6) is 0 Å². The molecule has 6 heteroatoms. The van der Waals surface area contributed by atoms with Gasteiger partial charge in [0, 0.05) is 24.2 Å². The highest BCUT2D eigenvalue weighted by molar-refractivity contribution is 5.91. The highest BCUT2D eigenvalue weighted by atomic mass is 16.2. The molecule has 0 bridgehead atoms. The molecule has 2 aliphatic rings. The van der Waals surface area contributed by atoms with Crippen molar-refractivity contribution in [3.63, 3.8) is 0 Å². The summed E-state index contributed by atoms with van der Waals surface area (Å²) in [6.07, 6.45) is 11.7. The van der Waals surface area contributed by atoms with Gasteiger partial charge in [0.2, 0.25) is 0 Å². The minimum Gasteiger partial charge on any atom is -0.365 e. The molecule has 0 aliphatic heterocycles. The molecule has 0 amide bonds. The quantitative estimate of drug-likeness (QED) is 0.681. The Bertz CT molecular complexity index is 1060. The van der Waals surface area contributed by atoms with E-state index in [-0.39, 0.29) is 5.91 Å². The Labute approximate surface area is 169 Å². The number of nitrogens with one attached hydrogen (secondary N) is 1. The highest BCUT2D eigenvalue weighted by Gasteiger charge is 2.39. The standard InChI is InChI=1S/C23H21N5O/c1-2-21(29)28-19-14-23(16-6-4-3-5-7-16,20-11-13-24-15-25-20)12-10-18(19)22(27-28)26-17-8-9-17/h2-7,10-13,15,17H,1,8-9,14H2,(H,26,27). The lowest BCUT2D eigenvalue weighted by Crippen LogP contribution is -2.33. The summed E-state index contributed by atoms with van der Waals surface area (Å²) in [5.74, 6) is 0.531. The minimum absolute atomic E-state index is 0.231. The van der Waals surface area contributed by atoms with Crippen molar-refractivity contribution in [2.75, 3.05) is 5.32 Å². The fraction of sp³-hybridized carbons (Fsp3) is 0.217. The predicted molar refractivity (Wildman–Crippen MR) is 112 cm³/mol. The first-order chi connectivity index (χ1) is 14.2. The molecule has 2 heterocycles. The van der Waals surface area contributed by atoms with Crippen molar-refractivity contribution >= 4 is 17.8 Å². The number of benzene rings is 1. The van der Waals surface area contributed by atoms with E-state index in [9.17, 15) is 4.79 Å². The van der Waals surface area contributed by atoms with E-state index < -0.39 is 5.41 Å². The van der Waals surface area contributed by atoms with Crippen LogP contribution >= 0.6 is 0 Å². The molecule has 0 saturated heterocycles.